The number of carbonyl (C=O) groups excluding carboxylic acids is 1. The van der Waals surface area contributed by atoms with Crippen molar-refractivity contribution in [3.63, 3.8) is 0 Å². The van der Waals surface area contributed by atoms with E-state index in [0.717, 1.165) is 5.56 Å². The molecule has 0 radical (unpaired) electrons. The maximum atomic E-state index is 11.8. The van der Waals surface area contributed by atoms with E-state index >= 15 is 0 Å². The second-order valence-electron chi connectivity index (χ2n) is 4.38. The van der Waals surface area contributed by atoms with Gasteiger partial charge in [0.2, 0.25) is 5.91 Å². The molecular formula is C17H13N3OS. The number of nitrogens with one attached hydrogen (secondary N) is 2. The Bertz CT molecular complexity index is 748. The second-order valence-corrected chi connectivity index (χ2v) is 4.79. The highest BCUT2D eigenvalue weighted by Gasteiger charge is 2.02. The van der Waals surface area contributed by atoms with E-state index in [2.05, 4.69) is 10.6 Å². The number of hydrogen-bond donors (Lipinski definition) is 2. The molecule has 5 heteroatoms. The first-order valence-electron chi connectivity index (χ1n) is 6.52. The Hall–Kier alpha value is -2.97. The third kappa shape index (κ3) is 4.85. The van der Waals surface area contributed by atoms with Crippen LogP contribution in [0.2, 0.25) is 0 Å². The lowest BCUT2D eigenvalue weighted by Crippen LogP contribution is -2.32. The van der Waals surface area contributed by atoms with Gasteiger partial charge in [-0.1, -0.05) is 36.4 Å². The van der Waals surface area contributed by atoms with Crippen molar-refractivity contribution in [1.29, 1.82) is 5.26 Å². The average molecular weight is 307 g/mol. The molecule has 0 bridgehead atoms. The summed E-state index contributed by atoms with van der Waals surface area (Å²) in [4.78, 5) is 11.8. The van der Waals surface area contributed by atoms with E-state index < -0.39 is 0 Å². The van der Waals surface area contributed by atoms with Gasteiger partial charge in [0.05, 0.1) is 11.6 Å². The molecule has 0 spiro atoms. The first kappa shape index (κ1) is 15.4. The Morgan fingerprint density at radius 1 is 1.14 bits per heavy atom. The van der Waals surface area contributed by atoms with Crippen LogP contribution >= 0.6 is 12.2 Å². The molecule has 2 N–H and O–H groups in total. The Morgan fingerprint density at radius 3 is 2.64 bits per heavy atom. The minimum atomic E-state index is -0.321. The van der Waals surface area contributed by atoms with Gasteiger partial charge < -0.3 is 5.32 Å². The minimum absolute atomic E-state index is 0.179. The van der Waals surface area contributed by atoms with Crippen molar-refractivity contribution in [3.8, 4) is 6.07 Å². The van der Waals surface area contributed by atoms with Crippen LogP contribution in [0.5, 0.6) is 0 Å². The number of rotatable bonds is 3. The molecule has 0 saturated heterocycles. The molecule has 0 heterocycles. The van der Waals surface area contributed by atoms with Gasteiger partial charge in [-0.2, -0.15) is 5.26 Å². The standard InChI is InChI=1S/C17H13N3OS/c18-12-14-7-4-8-15(11-14)19-17(22)20-16(21)10-9-13-5-2-1-3-6-13/h1-11H,(H2,19,20,21,22). The summed E-state index contributed by atoms with van der Waals surface area (Å²) >= 11 is 5.06. The fraction of sp³-hybridized carbons (Fsp3) is 0. The van der Waals surface area contributed by atoms with Crippen LogP contribution in [0.15, 0.2) is 60.7 Å². The smallest absolute Gasteiger partial charge is 0.250 e. The number of nitrogens with zero attached hydrogens (tertiary/aromatic N) is 1. The zero-order valence-electron chi connectivity index (χ0n) is 11.6. The molecule has 4 nitrogen and oxygen atoms in total. The van der Waals surface area contributed by atoms with Crippen LogP contribution in [0.25, 0.3) is 6.08 Å². The van der Waals surface area contributed by atoms with Crippen LogP contribution in [0.3, 0.4) is 0 Å². The zero-order valence-corrected chi connectivity index (χ0v) is 12.4. The fourth-order valence-electron chi connectivity index (χ4n) is 1.72. The molecular weight excluding hydrogens is 294 g/mol. The topological polar surface area (TPSA) is 64.9 Å². The Labute approximate surface area is 134 Å². The number of thiocarbonyl (C=S) groups is 1. The molecule has 0 saturated carbocycles. The van der Waals surface area contributed by atoms with E-state index in [-0.39, 0.29) is 11.0 Å². The largest absolute Gasteiger partial charge is 0.332 e. The van der Waals surface area contributed by atoms with Crippen molar-refractivity contribution >= 4 is 35.0 Å². The monoisotopic (exact) mass is 307 g/mol. The molecule has 0 aliphatic heterocycles. The SMILES string of the molecule is N#Cc1cccc(NC(=S)NC(=O)C=Cc2ccccc2)c1. The number of amides is 1. The van der Waals surface area contributed by atoms with Crippen LogP contribution in [0.4, 0.5) is 5.69 Å². The Morgan fingerprint density at radius 2 is 1.91 bits per heavy atom. The second kappa shape index (κ2) is 7.72. The summed E-state index contributed by atoms with van der Waals surface area (Å²) in [7, 11) is 0. The van der Waals surface area contributed by atoms with Crippen LogP contribution in [-0.4, -0.2) is 11.0 Å². The van der Waals surface area contributed by atoms with E-state index in [1.165, 1.54) is 6.08 Å². The highest BCUT2D eigenvalue weighted by Crippen LogP contribution is 2.09. The molecule has 1 amide bonds. The van der Waals surface area contributed by atoms with Crippen molar-refractivity contribution < 1.29 is 4.79 Å². The Balaban J connectivity index is 1.90. The minimum Gasteiger partial charge on any atom is -0.332 e. The van der Waals surface area contributed by atoms with Gasteiger partial charge in [-0.25, -0.2) is 0 Å². The van der Waals surface area contributed by atoms with Crippen molar-refractivity contribution in [2.75, 3.05) is 5.32 Å². The maximum absolute atomic E-state index is 11.8. The number of nitriles is 1. The molecule has 0 aliphatic carbocycles. The molecule has 0 atom stereocenters. The summed E-state index contributed by atoms with van der Waals surface area (Å²) in [6, 6.07) is 18.4. The predicted molar refractivity (Wildman–Crippen MR) is 91.0 cm³/mol. The van der Waals surface area contributed by atoms with Crippen LogP contribution in [-0.2, 0) is 4.79 Å². The van der Waals surface area contributed by atoms with Crippen molar-refractivity contribution in [3.05, 3.63) is 71.8 Å². The predicted octanol–water partition coefficient (Wildman–Crippen LogP) is 3.08. The summed E-state index contributed by atoms with van der Waals surface area (Å²) < 4.78 is 0. The summed E-state index contributed by atoms with van der Waals surface area (Å²) in [6.07, 6.45) is 3.11. The summed E-state index contributed by atoms with van der Waals surface area (Å²) in [5.41, 5.74) is 2.10. The highest BCUT2D eigenvalue weighted by atomic mass is 32.1. The van der Waals surface area contributed by atoms with E-state index in [4.69, 9.17) is 17.5 Å². The molecule has 108 valence electrons. The molecule has 2 rings (SSSR count). The normalized spacial score (nSPS) is 9.95. The number of anilines is 1. The first-order valence-corrected chi connectivity index (χ1v) is 6.93. The average Bonchev–Trinajstić information content (AvgIpc) is 2.54. The zero-order chi connectivity index (χ0) is 15.8. The molecule has 22 heavy (non-hydrogen) atoms. The summed E-state index contributed by atoms with van der Waals surface area (Å²) in [5.74, 6) is -0.321. The number of benzene rings is 2. The van der Waals surface area contributed by atoms with E-state index in [1.54, 1.807) is 30.3 Å². The van der Waals surface area contributed by atoms with Gasteiger partial charge in [-0.15, -0.1) is 0 Å². The third-order valence-corrected chi connectivity index (χ3v) is 2.92. The summed E-state index contributed by atoms with van der Waals surface area (Å²) in [6.45, 7) is 0. The lowest BCUT2D eigenvalue weighted by molar-refractivity contribution is -0.115. The molecule has 0 aliphatic rings. The molecule has 2 aromatic rings. The molecule has 0 fully saturated rings. The lowest BCUT2D eigenvalue weighted by atomic mass is 10.2. The number of hydrogen-bond acceptors (Lipinski definition) is 3. The van der Waals surface area contributed by atoms with Gasteiger partial charge in [0.25, 0.3) is 0 Å². The van der Waals surface area contributed by atoms with Crippen molar-refractivity contribution in [2.45, 2.75) is 0 Å². The van der Waals surface area contributed by atoms with Gasteiger partial charge in [0.1, 0.15) is 0 Å². The van der Waals surface area contributed by atoms with Crippen molar-refractivity contribution in [2.24, 2.45) is 0 Å². The van der Waals surface area contributed by atoms with E-state index in [1.807, 2.05) is 36.4 Å². The lowest BCUT2D eigenvalue weighted by Gasteiger charge is -2.08. The van der Waals surface area contributed by atoms with Crippen LogP contribution in [0.1, 0.15) is 11.1 Å². The van der Waals surface area contributed by atoms with E-state index in [9.17, 15) is 4.79 Å². The van der Waals surface area contributed by atoms with Crippen molar-refractivity contribution in [1.82, 2.24) is 5.32 Å². The maximum Gasteiger partial charge on any atom is 0.250 e. The fourth-order valence-corrected chi connectivity index (χ4v) is 1.94. The highest BCUT2D eigenvalue weighted by molar-refractivity contribution is 7.80. The first-order chi connectivity index (χ1) is 10.7. The molecule has 2 aromatic carbocycles. The third-order valence-electron chi connectivity index (χ3n) is 2.71. The van der Waals surface area contributed by atoms with E-state index in [0.29, 0.717) is 11.3 Å². The Kier molecular flexibility index (Phi) is 5.41. The van der Waals surface area contributed by atoms with Gasteiger partial charge in [0.15, 0.2) is 5.11 Å². The quantitative estimate of drug-likeness (QED) is 0.675. The van der Waals surface area contributed by atoms with Gasteiger partial charge in [-0.3, -0.25) is 10.1 Å². The number of carbonyl (C=O) groups is 1. The molecule has 0 unspecified atom stereocenters. The summed E-state index contributed by atoms with van der Waals surface area (Å²) in [5, 5.41) is 14.4. The molecule has 0 aromatic heterocycles. The van der Waals surface area contributed by atoms with Gasteiger partial charge in [-0.05, 0) is 42.1 Å². The van der Waals surface area contributed by atoms with Crippen LogP contribution in [0, 0.1) is 11.3 Å². The van der Waals surface area contributed by atoms with Gasteiger partial charge >= 0.3 is 0 Å². The van der Waals surface area contributed by atoms with Gasteiger partial charge in [0, 0.05) is 11.8 Å². The van der Waals surface area contributed by atoms with Crippen LogP contribution < -0.4 is 10.6 Å².